The first-order valence-electron chi connectivity index (χ1n) is 7.50. The first-order valence-corrected chi connectivity index (χ1v) is 7.50. The van der Waals surface area contributed by atoms with Crippen LogP contribution < -0.4 is 5.32 Å². The van der Waals surface area contributed by atoms with Crippen LogP contribution in [0.15, 0.2) is 4.99 Å². The van der Waals surface area contributed by atoms with Crippen LogP contribution >= 0.6 is 0 Å². The van der Waals surface area contributed by atoms with E-state index in [1.165, 1.54) is 6.42 Å². The maximum atomic E-state index is 9.60. The summed E-state index contributed by atoms with van der Waals surface area (Å²) in [7, 11) is 2.15. The zero-order chi connectivity index (χ0) is 14.3. The van der Waals surface area contributed by atoms with Crippen molar-refractivity contribution in [2.75, 3.05) is 39.8 Å². The van der Waals surface area contributed by atoms with E-state index in [1.54, 1.807) is 0 Å². The van der Waals surface area contributed by atoms with Gasteiger partial charge in [-0.15, -0.1) is 0 Å². The van der Waals surface area contributed by atoms with E-state index in [1.807, 2.05) is 0 Å². The Morgan fingerprint density at radius 3 is 2.79 bits per heavy atom. The molecule has 0 bridgehead atoms. The van der Waals surface area contributed by atoms with Gasteiger partial charge in [0.15, 0.2) is 5.96 Å². The van der Waals surface area contributed by atoms with Crippen LogP contribution in [0.1, 0.15) is 33.6 Å². The molecule has 1 aliphatic heterocycles. The van der Waals surface area contributed by atoms with Gasteiger partial charge in [0.05, 0.1) is 12.6 Å². The van der Waals surface area contributed by atoms with Gasteiger partial charge in [0.1, 0.15) is 0 Å². The molecular formula is C14H30N4O. The highest BCUT2D eigenvalue weighted by Crippen LogP contribution is 2.08. The first-order chi connectivity index (χ1) is 9.08. The number of nitrogens with one attached hydrogen (secondary N) is 1. The van der Waals surface area contributed by atoms with Crippen LogP contribution in [0.4, 0.5) is 0 Å². The maximum Gasteiger partial charge on any atom is 0.194 e. The summed E-state index contributed by atoms with van der Waals surface area (Å²) in [5.74, 6) is 0.941. The van der Waals surface area contributed by atoms with Gasteiger partial charge in [-0.25, -0.2) is 0 Å². The van der Waals surface area contributed by atoms with Gasteiger partial charge in [-0.1, -0.05) is 6.92 Å². The van der Waals surface area contributed by atoms with Crippen LogP contribution in [0.3, 0.4) is 0 Å². The van der Waals surface area contributed by atoms with Crippen LogP contribution in [0.2, 0.25) is 0 Å². The Morgan fingerprint density at radius 1 is 1.53 bits per heavy atom. The number of likely N-dealkylation sites (N-methyl/N-ethyl adjacent to an activating group) is 1. The predicted octanol–water partition coefficient (Wildman–Crippen LogP) is 0.749. The molecule has 0 aliphatic carbocycles. The first kappa shape index (κ1) is 16.2. The van der Waals surface area contributed by atoms with Crippen LogP contribution in [0.5, 0.6) is 0 Å². The number of β-amino-alcohol motifs (C(OH)–C–C–N with tert-alkyl or cyclic N) is 1. The molecule has 5 nitrogen and oxygen atoms in total. The van der Waals surface area contributed by atoms with Crippen LogP contribution in [0.25, 0.3) is 0 Å². The van der Waals surface area contributed by atoms with E-state index in [0.29, 0.717) is 12.6 Å². The molecule has 0 radical (unpaired) electrons. The molecule has 1 rings (SSSR count). The summed E-state index contributed by atoms with van der Waals surface area (Å²) in [6.45, 7) is 10.8. The zero-order valence-corrected chi connectivity index (χ0v) is 12.9. The van der Waals surface area contributed by atoms with E-state index in [4.69, 9.17) is 0 Å². The lowest BCUT2D eigenvalue weighted by atomic mass is 10.2. The normalized spacial score (nSPS) is 22.1. The second-order valence-corrected chi connectivity index (χ2v) is 5.36. The van der Waals surface area contributed by atoms with Crippen molar-refractivity contribution in [1.29, 1.82) is 0 Å². The Bertz CT molecular complexity index is 283. The molecule has 1 heterocycles. The molecule has 0 amide bonds. The average Bonchev–Trinajstić information content (AvgIpc) is 2.83. The van der Waals surface area contributed by atoms with Crippen molar-refractivity contribution in [2.45, 2.75) is 45.8 Å². The fourth-order valence-electron chi connectivity index (χ4n) is 2.21. The number of hydrogen-bond donors (Lipinski definition) is 2. The molecule has 112 valence electrons. The molecular weight excluding hydrogens is 240 g/mol. The number of nitrogens with zero attached hydrogens (tertiary/aromatic N) is 3. The van der Waals surface area contributed by atoms with Crippen LogP contribution in [-0.4, -0.2) is 72.8 Å². The minimum absolute atomic E-state index is 0.202. The third-order valence-corrected chi connectivity index (χ3v) is 3.86. The second-order valence-electron chi connectivity index (χ2n) is 5.36. The number of hydrogen-bond acceptors (Lipinski definition) is 3. The number of likely N-dealkylation sites (tertiary alicyclic amines) is 1. The molecule has 2 N–H and O–H groups in total. The van der Waals surface area contributed by atoms with Crippen molar-refractivity contribution in [1.82, 2.24) is 15.1 Å². The molecule has 2 atom stereocenters. The van der Waals surface area contributed by atoms with E-state index in [-0.39, 0.29) is 6.10 Å². The van der Waals surface area contributed by atoms with E-state index in [9.17, 15) is 5.11 Å². The summed E-state index contributed by atoms with van der Waals surface area (Å²) in [6, 6.07) is 0.603. The summed E-state index contributed by atoms with van der Waals surface area (Å²) >= 11 is 0. The third-order valence-electron chi connectivity index (χ3n) is 3.86. The van der Waals surface area contributed by atoms with E-state index in [0.717, 1.165) is 38.6 Å². The Balaban J connectivity index is 2.45. The van der Waals surface area contributed by atoms with E-state index >= 15 is 0 Å². The Morgan fingerprint density at radius 2 is 2.26 bits per heavy atom. The Hall–Kier alpha value is -0.810. The molecule has 0 saturated carbocycles. The van der Waals surface area contributed by atoms with Crippen molar-refractivity contribution < 1.29 is 5.11 Å². The lowest BCUT2D eigenvalue weighted by molar-refractivity contribution is 0.187. The molecule has 1 aliphatic rings. The monoisotopic (exact) mass is 270 g/mol. The SMILES string of the molecule is CCNC(=NCCN(C)C(C)CC)N1CC[C@@H](O)C1. The molecule has 0 aromatic carbocycles. The maximum absolute atomic E-state index is 9.60. The molecule has 0 aromatic rings. The molecule has 1 unspecified atom stereocenters. The molecule has 1 fully saturated rings. The van der Waals surface area contributed by atoms with Crippen molar-refractivity contribution in [3.63, 3.8) is 0 Å². The number of aliphatic hydroxyl groups is 1. The fourth-order valence-corrected chi connectivity index (χ4v) is 2.21. The lowest BCUT2D eigenvalue weighted by Crippen LogP contribution is -2.41. The smallest absolute Gasteiger partial charge is 0.194 e. The molecule has 0 spiro atoms. The Labute approximate surface area is 117 Å². The summed E-state index contributed by atoms with van der Waals surface area (Å²) in [5.41, 5.74) is 0. The van der Waals surface area contributed by atoms with Gasteiger partial charge >= 0.3 is 0 Å². The number of guanidine groups is 1. The number of aliphatic imine (C=N–C) groups is 1. The largest absolute Gasteiger partial charge is 0.391 e. The summed E-state index contributed by atoms with van der Waals surface area (Å²) < 4.78 is 0. The van der Waals surface area contributed by atoms with Crippen molar-refractivity contribution >= 4 is 5.96 Å². The van der Waals surface area contributed by atoms with Gasteiger partial charge < -0.3 is 20.2 Å². The molecule has 1 saturated heterocycles. The third kappa shape index (κ3) is 5.37. The lowest BCUT2D eigenvalue weighted by Gasteiger charge is -2.24. The quantitative estimate of drug-likeness (QED) is 0.552. The highest BCUT2D eigenvalue weighted by molar-refractivity contribution is 5.80. The van der Waals surface area contributed by atoms with Crippen molar-refractivity contribution in [3.05, 3.63) is 0 Å². The second kappa shape index (κ2) is 8.38. The Kier molecular flexibility index (Phi) is 7.16. The van der Waals surface area contributed by atoms with Crippen molar-refractivity contribution in [3.8, 4) is 0 Å². The van der Waals surface area contributed by atoms with Crippen LogP contribution in [-0.2, 0) is 0 Å². The highest BCUT2D eigenvalue weighted by Gasteiger charge is 2.22. The van der Waals surface area contributed by atoms with Crippen molar-refractivity contribution in [2.24, 2.45) is 4.99 Å². The minimum atomic E-state index is -0.202. The van der Waals surface area contributed by atoms with Gasteiger partial charge in [0, 0.05) is 32.2 Å². The van der Waals surface area contributed by atoms with E-state index in [2.05, 4.69) is 47.9 Å². The highest BCUT2D eigenvalue weighted by atomic mass is 16.3. The van der Waals surface area contributed by atoms with E-state index < -0.39 is 0 Å². The summed E-state index contributed by atoms with van der Waals surface area (Å²) in [4.78, 5) is 9.15. The molecule has 19 heavy (non-hydrogen) atoms. The summed E-state index contributed by atoms with van der Waals surface area (Å²) in [5, 5.41) is 12.9. The van der Waals surface area contributed by atoms with Gasteiger partial charge in [-0.2, -0.15) is 0 Å². The van der Waals surface area contributed by atoms with Crippen LogP contribution in [0, 0.1) is 0 Å². The fraction of sp³-hybridized carbons (Fsp3) is 0.929. The topological polar surface area (TPSA) is 51.1 Å². The predicted molar refractivity (Wildman–Crippen MR) is 80.6 cm³/mol. The average molecular weight is 270 g/mol. The zero-order valence-electron chi connectivity index (χ0n) is 12.9. The van der Waals surface area contributed by atoms with Gasteiger partial charge in [-0.05, 0) is 33.7 Å². The molecule has 0 aromatic heterocycles. The standard InChI is InChI=1S/C14H30N4O/c1-5-12(3)17(4)10-8-16-14(15-6-2)18-9-7-13(19)11-18/h12-13,19H,5-11H2,1-4H3,(H,15,16)/t12?,13-/m1/s1. The van der Waals surface area contributed by atoms with Gasteiger partial charge in [0.2, 0.25) is 0 Å². The summed E-state index contributed by atoms with van der Waals surface area (Å²) in [6.07, 6.45) is 1.81. The minimum Gasteiger partial charge on any atom is -0.391 e. The van der Waals surface area contributed by atoms with Gasteiger partial charge in [-0.3, -0.25) is 4.99 Å². The van der Waals surface area contributed by atoms with Gasteiger partial charge in [0.25, 0.3) is 0 Å². The number of rotatable bonds is 6. The molecule has 5 heteroatoms. The number of aliphatic hydroxyl groups excluding tert-OH is 1.